The predicted octanol–water partition coefficient (Wildman–Crippen LogP) is 1.15. The summed E-state index contributed by atoms with van der Waals surface area (Å²) in [6.07, 6.45) is -0.142. The molecule has 0 saturated carbocycles. The molecule has 0 saturated heterocycles. The van der Waals surface area contributed by atoms with Crippen molar-refractivity contribution in [2.24, 2.45) is 0 Å². The van der Waals surface area contributed by atoms with Crippen LogP contribution in [0.5, 0.6) is 0 Å². The lowest BCUT2D eigenvalue weighted by molar-refractivity contribution is -0.149. The highest BCUT2D eigenvalue weighted by Gasteiger charge is 2.26. The largest absolute Gasteiger partial charge is 0.466 e. The van der Waals surface area contributed by atoms with E-state index < -0.39 is 17.2 Å². The standard InChI is InChI=1S/C10H16O5S/c1-4-14-9(12)6-8(16-7(3)11)10(13)15-5-2/h8H,4-6H2,1-3H3. The van der Waals surface area contributed by atoms with Gasteiger partial charge in [0, 0.05) is 6.92 Å². The second-order valence-electron chi connectivity index (χ2n) is 2.86. The highest BCUT2D eigenvalue weighted by Crippen LogP contribution is 2.18. The van der Waals surface area contributed by atoms with E-state index in [-0.39, 0.29) is 24.7 Å². The molecule has 0 amide bonds. The first-order valence-corrected chi connectivity index (χ1v) is 5.88. The second kappa shape index (κ2) is 8.15. The quantitative estimate of drug-likeness (QED) is 0.657. The Bertz CT molecular complexity index is 264. The van der Waals surface area contributed by atoms with Crippen molar-refractivity contribution in [1.82, 2.24) is 0 Å². The van der Waals surface area contributed by atoms with Crippen LogP contribution in [0.1, 0.15) is 27.2 Å². The molecule has 1 atom stereocenters. The number of ether oxygens (including phenoxy) is 2. The molecule has 92 valence electrons. The Morgan fingerprint density at radius 2 is 1.69 bits per heavy atom. The Kier molecular flexibility index (Phi) is 7.62. The normalized spacial score (nSPS) is 11.7. The highest BCUT2D eigenvalue weighted by atomic mass is 32.2. The third kappa shape index (κ3) is 6.44. The first-order valence-electron chi connectivity index (χ1n) is 5.00. The van der Waals surface area contributed by atoms with E-state index in [1.165, 1.54) is 6.92 Å². The lowest BCUT2D eigenvalue weighted by Crippen LogP contribution is -2.25. The minimum Gasteiger partial charge on any atom is -0.466 e. The Morgan fingerprint density at radius 1 is 1.12 bits per heavy atom. The molecule has 1 unspecified atom stereocenters. The van der Waals surface area contributed by atoms with Crippen LogP contribution in [-0.4, -0.2) is 35.5 Å². The van der Waals surface area contributed by atoms with Crippen molar-refractivity contribution in [2.75, 3.05) is 13.2 Å². The van der Waals surface area contributed by atoms with Crippen molar-refractivity contribution in [3.63, 3.8) is 0 Å². The zero-order valence-corrected chi connectivity index (χ0v) is 10.5. The monoisotopic (exact) mass is 248 g/mol. The smallest absolute Gasteiger partial charge is 0.320 e. The van der Waals surface area contributed by atoms with E-state index in [2.05, 4.69) is 0 Å². The molecule has 0 spiro atoms. The SMILES string of the molecule is CCOC(=O)CC(SC(C)=O)C(=O)OCC. The number of hydrogen-bond acceptors (Lipinski definition) is 6. The van der Waals surface area contributed by atoms with Crippen LogP contribution in [0.25, 0.3) is 0 Å². The predicted molar refractivity (Wildman–Crippen MR) is 59.9 cm³/mol. The Balaban J connectivity index is 4.36. The molecular weight excluding hydrogens is 232 g/mol. The summed E-state index contributed by atoms with van der Waals surface area (Å²) >= 11 is 0.788. The molecule has 0 aromatic rings. The maximum atomic E-state index is 11.4. The van der Waals surface area contributed by atoms with Crippen molar-refractivity contribution in [1.29, 1.82) is 0 Å². The second-order valence-corrected chi connectivity index (χ2v) is 4.24. The fraction of sp³-hybridized carbons (Fsp3) is 0.700. The van der Waals surface area contributed by atoms with Crippen LogP contribution >= 0.6 is 11.8 Å². The van der Waals surface area contributed by atoms with Gasteiger partial charge in [-0.15, -0.1) is 0 Å². The summed E-state index contributed by atoms with van der Waals surface area (Å²) in [4.78, 5) is 33.5. The van der Waals surface area contributed by atoms with E-state index in [9.17, 15) is 14.4 Å². The van der Waals surface area contributed by atoms with E-state index in [4.69, 9.17) is 9.47 Å². The average Bonchev–Trinajstić information content (AvgIpc) is 2.16. The van der Waals surface area contributed by atoms with Gasteiger partial charge < -0.3 is 9.47 Å². The van der Waals surface area contributed by atoms with Gasteiger partial charge in [0.1, 0.15) is 5.25 Å². The molecule has 0 N–H and O–H groups in total. The molecule has 5 nitrogen and oxygen atoms in total. The summed E-state index contributed by atoms with van der Waals surface area (Å²) in [5, 5.41) is -1.04. The van der Waals surface area contributed by atoms with Gasteiger partial charge in [0.05, 0.1) is 19.6 Å². The zero-order valence-electron chi connectivity index (χ0n) is 9.65. The fourth-order valence-electron chi connectivity index (χ4n) is 0.980. The molecule has 0 aromatic carbocycles. The van der Waals surface area contributed by atoms with Gasteiger partial charge in [-0.1, -0.05) is 11.8 Å². The number of carbonyl (C=O) groups excluding carboxylic acids is 3. The first kappa shape index (κ1) is 15.0. The van der Waals surface area contributed by atoms with Gasteiger partial charge in [0.15, 0.2) is 5.12 Å². The van der Waals surface area contributed by atoms with Crippen molar-refractivity contribution in [3.8, 4) is 0 Å². The topological polar surface area (TPSA) is 69.7 Å². The minimum absolute atomic E-state index is 0.142. The third-order valence-electron chi connectivity index (χ3n) is 1.52. The molecule has 0 rings (SSSR count). The Morgan fingerprint density at radius 3 is 2.12 bits per heavy atom. The van der Waals surface area contributed by atoms with Gasteiger partial charge in [-0.3, -0.25) is 14.4 Å². The Hall–Kier alpha value is -1.04. The van der Waals surface area contributed by atoms with E-state index in [1.807, 2.05) is 0 Å². The number of rotatable bonds is 6. The lowest BCUT2D eigenvalue weighted by atomic mass is 10.3. The van der Waals surface area contributed by atoms with Gasteiger partial charge in [0.25, 0.3) is 0 Å². The molecule has 0 radical (unpaired) electrons. The van der Waals surface area contributed by atoms with Crippen LogP contribution in [0.4, 0.5) is 0 Å². The minimum atomic E-state index is -0.809. The summed E-state index contributed by atoms with van der Waals surface area (Å²) in [6.45, 7) is 5.14. The van der Waals surface area contributed by atoms with E-state index in [0.717, 1.165) is 11.8 Å². The summed E-state index contributed by atoms with van der Waals surface area (Å²) < 4.78 is 9.48. The number of hydrogen-bond donors (Lipinski definition) is 0. The molecule has 0 aliphatic rings. The molecule has 16 heavy (non-hydrogen) atoms. The van der Waals surface area contributed by atoms with Crippen molar-refractivity contribution >= 4 is 28.8 Å². The van der Waals surface area contributed by atoms with Crippen LogP contribution in [0, 0.1) is 0 Å². The molecular formula is C10H16O5S. The summed E-state index contributed by atoms with van der Waals surface area (Å²) in [6, 6.07) is 0. The molecule has 0 fully saturated rings. The lowest BCUT2D eigenvalue weighted by Gasteiger charge is -2.12. The van der Waals surface area contributed by atoms with Crippen LogP contribution in [0.3, 0.4) is 0 Å². The average molecular weight is 248 g/mol. The molecule has 0 aliphatic heterocycles. The van der Waals surface area contributed by atoms with Gasteiger partial charge >= 0.3 is 11.9 Å². The highest BCUT2D eigenvalue weighted by molar-refractivity contribution is 8.14. The maximum absolute atomic E-state index is 11.4. The number of carbonyl (C=O) groups is 3. The number of esters is 2. The van der Waals surface area contributed by atoms with Crippen molar-refractivity contribution in [3.05, 3.63) is 0 Å². The van der Waals surface area contributed by atoms with Crippen LogP contribution in [0.15, 0.2) is 0 Å². The molecule has 0 bridgehead atoms. The molecule has 0 aliphatic carbocycles. The van der Waals surface area contributed by atoms with Gasteiger partial charge in [0.2, 0.25) is 0 Å². The van der Waals surface area contributed by atoms with Crippen molar-refractivity contribution < 1.29 is 23.9 Å². The number of thioether (sulfide) groups is 1. The molecule has 0 aromatic heterocycles. The molecule has 6 heteroatoms. The van der Waals surface area contributed by atoms with E-state index >= 15 is 0 Å². The van der Waals surface area contributed by atoms with Gasteiger partial charge in [-0.2, -0.15) is 0 Å². The Labute approximate surface area is 98.9 Å². The van der Waals surface area contributed by atoms with E-state index in [0.29, 0.717) is 0 Å². The summed E-state index contributed by atoms with van der Waals surface area (Å²) in [5.74, 6) is -1.06. The third-order valence-corrected chi connectivity index (χ3v) is 2.49. The van der Waals surface area contributed by atoms with Crippen LogP contribution in [0.2, 0.25) is 0 Å². The van der Waals surface area contributed by atoms with Crippen LogP contribution < -0.4 is 0 Å². The molecule has 0 heterocycles. The van der Waals surface area contributed by atoms with E-state index in [1.54, 1.807) is 13.8 Å². The zero-order chi connectivity index (χ0) is 12.6. The van der Waals surface area contributed by atoms with Gasteiger partial charge in [-0.25, -0.2) is 0 Å². The van der Waals surface area contributed by atoms with Crippen LogP contribution in [-0.2, 0) is 23.9 Å². The summed E-state index contributed by atoms with van der Waals surface area (Å²) in [7, 11) is 0. The van der Waals surface area contributed by atoms with Crippen molar-refractivity contribution in [2.45, 2.75) is 32.4 Å². The summed E-state index contributed by atoms with van der Waals surface area (Å²) in [5.41, 5.74) is 0. The van der Waals surface area contributed by atoms with Gasteiger partial charge in [-0.05, 0) is 13.8 Å². The first-order chi connectivity index (χ1) is 7.51. The maximum Gasteiger partial charge on any atom is 0.320 e. The fourth-order valence-corrected chi connectivity index (χ4v) is 1.76.